The highest BCUT2D eigenvalue weighted by atomic mass is 19.1. The summed E-state index contributed by atoms with van der Waals surface area (Å²) in [6, 6.07) is -0.0194. The van der Waals surface area contributed by atoms with Gasteiger partial charge in [0, 0.05) is 27.3 Å². The van der Waals surface area contributed by atoms with Gasteiger partial charge in [0.05, 0.1) is 25.5 Å². The Balaban J connectivity index is 3.00. The van der Waals surface area contributed by atoms with E-state index in [-0.39, 0.29) is 11.9 Å². The standard InChI is InChI=1S/C13H23FN4O2/c1-5-15-13-16-8-11(14)12(17-13)18(6-7-19-3)10(2)9-20-4/h8,10H,5-7,9H2,1-4H3,(H,15,16,17). The molecule has 6 nitrogen and oxygen atoms in total. The minimum Gasteiger partial charge on any atom is -0.383 e. The molecule has 1 unspecified atom stereocenters. The van der Waals surface area contributed by atoms with Gasteiger partial charge in [-0.15, -0.1) is 0 Å². The van der Waals surface area contributed by atoms with Crippen LogP contribution in [0.2, 0.25) is 0 Å². The van der Waals surface area contributed by atoms with E-state index in [4.69, 9.17) is 9.47 Å². The van der Waals surface area contributed by atoms with Crippen molar-refractivity contribution in [2.24, 2.45) is 0 Å². The number of rotatable bonds is 9. The van der Waals surface area contributed by atoms with E-state index in [1.807, 2.05) is 18.7 Å². The molecule has 1 N–H and O–H groups in total. The normalized spacial score (nSPS) is 12.2. The van der Waals surface area contributed by atoms with Gasteiger partial charge in [-0.25, -0.2) is 9.37 Å². The third-order valence-corrected chi connectivity index (χ3v) is 2.81. The lowest BCUT2D eigenvalue weighted by Crippen LogP contribution is -2.40. The van der Waals surface area contributed by atoms with Crippen molar-refractivity contribution < 1.29 is 13.9 Å². The Morgan fingerprint density at radius 1 is 1.40 bits per heavy atom. The van der Waals surface area contributed by atoms with Gasteiger partial charge in [0.2, 0.25) is 5.95 Å². The summed E-state index contributed by atoms with van der Waals surface area (Å²) < 4.78 is 24.2. The van der Waals surface area contributed by atoms with Crippen molar-refractivity contribution in [2.45, 2.75) is 19.9 Å². The van der Waals surface area contributed by atoms with Crippen molar-refractivity contribution >= 4 is 11.8 Å². The van der Waals surface area contributed by atoms with Crippen LogP contribution in [0, 0.1) is 5.82 Å². The van der Waals surface area contributed by atoms with Gasteiger partial charge >= 0.3 is 0 Å². The number of hydrogen-bond acceptors (Lipinski definition) is 6. The molecule has 0 aliphatic rings. The molecule has 114 valence electrons. The molecule has 0 radical (unpaired) electrons. The van der Waals surface area contributed by atoms with Gasteiger partial charge in [-0.1, -0.05) is 0 Å². The van der Waals surface area contributed by atoms with Gasteiger partial charge in [-0.2, -0.15) is 4.98 Å². The van der Waals surface area contributed by atoms with Crippen molar-refractivity contribution in [1.82, 2.24) is 9.97 Å². The molecule has 0 aliphatic carbocycles. The summed E-state index contributed by atoms with van der Waals surface area (Å²) in [6.45, 7) is 6.05. The van der Waals surface area contributed by atoms with Crippen LogP contribution in [-0.4, -0.2) is 56.5 Å². The average Bonchev–Trinajstić information content (AvgIpc) is 2.43. The Morgan fingerprint density at radius 3 is 2.75 bits per heavy atom. The third-order valence-electron chi connectivity index (χ3n) is 2.81. The number of nitrogens with one attached hydrogen (secondary N) is 1. The van der Waals surface area contributed by atoms with Gasteiger partial charge < -0.3 is 19.7 Å². The summed E-state index contributed by atoms with van der Waals surface area (Å²) >= 11 is 0. The predicted octanol–water partition coefficient (Wildman–Crippen LogP) is 1.54. The molecule has 0 amide bonds. The molecule has 0 saturated carbocycles. The lowest BCUT2D eigenvalue weighted by Gasteiger charge is -2.30. The molecule has 0 aromatic carbocycles. The van der Waals surface area contributed by atoms with E-state index in [1.165, 1.54) is 6.20 Å². The van der Waals surface area contributed by atoms with Crippen LogP contribution in [0.25, 0.3) is 0 Å². The highest BCUT2D eigenvalue weighted by molar-refractivity contribution is 5.44. The molecule has 1 aromatic heterocycles. The van der Waals surface area contributed by atoms with Gasteiger partial charge in [-0.05, 0) is 13.8 Å². The number of aromatic nitrogens is 2. The summed E-state index contributed by atoms with van der Waals surface area (Å²) in [6.07, 6.45) is 1.18. The fraction of sp³-hybridized carbons (Fsp3) is 0.692. The molecule has 0 saturated heterocycles. The number of anilines is 2. The number of ether oxygens (including phenoxy) is 2. The Bertz CT molecular complexity index is 406. The van der Waals surface area contributed by atoms with Crippen LogP contribution in [-0.2, 0) is 9.47 Å². The second kappa shape index (κ2) is 8.65. The van der Waals surface area contributed by atoms with Crippen LogP contribution in [0.15, 0.2) is 6.20 Å². The zero-order valence-electron chi connectivity index (χ0n) is 12.5. The van der Waals surface area contributed by atoms with Gasteiger partial charge in [0.15, 0.2) is 11.6 Å². The molecule has 1 rings (SSSR count). The minimum atomic E-state index is -0.453. The SMILES string of the molecule is CCNc1ncc(F)c(N(CCOC)C(C)COC)n1. The molecule has 1 atom stereocenters. The predicted molar refractivity (Wildman–Crippen MR) is 76.7 cm³/mol. The third kappa shape index (κ3) is 4.57. The van der Waals surface area contributed by atoms with Crippen molar-refractivity contribution in [3.63, 3.8) is 0 Å². The van der Waals surface area contributed by atoms with E-state index in [0.717, 1.165) is 0 Å². The Morgan fingerprint density at radius 2 is 2.15 bits per heavy atom. The van der Waals surface area contributed by atoms with E-state index < -0.39 is 5.82 Å². The van der Waals surface area contributed by atoms with Crippen molar-refractivity contribution in [3.8, 4) is 0 Å². The maximum Gasteiger partial charge on any atom is 0.224 e. The van der Waals surface area contributed by atoms with E-state index >= 15 is 0 Å². The first-order chi connectivity index (χ1) is 9.63. The number of halogens is 1. The van der Waals surface area contributed by atoms with Crippen LogP contribution in [0.5, 0.6) is 0 Å². The van der Waals surface area contributed by atoms with E-state index in [0.29, 0.717) is 32.3 Å². The zero-order chi connectivity index (χ0) is 15.0. The Kier molecular flexibility index (Phi) is 7.17. The van der Waals surface area contributed by atoms with Gasteiger partial charge in [0.25, 0.3) is 0 Å². The van der Waals surface area contributed by atoms with Crippen LogP contribution in [0.1, 0.15) is 13.8 Å². The first-order valence-corrected chi connectivity index (χ1v) is 6.64. The monoisotopic (exact) mass is 286 g/mol. The number of methoxy groups -OCH3 is 2. The van der Waals surface area contributed by atoms with Crippen molar-refractivity contribution in [2.75, 3.05) is 50.7 Å². The lowest BCUT2D eigenvalue weighted by molar-refractivity contribution is 0.170. The maximum absolute atomic E-state index is 14.0. The van der Waals surface area contributed by atoms with Crippen LogP contribution in [0.3, 0.4) is 0 Å². The van der Waals surface area contributed by atoms with E-state index in [9.17, 15) is 4.39 Å². The highest BCUT2D eigenvalue weighted by Gasteiger charge is 2.20. The Hall–Kier alpha value is -1.47. The first kappa shape index (κ1) is 16.6. The molecule has 0 fully saturated rings. The molecular formula is C13H23FN4O2. The minimum absolute atomic E-state index is 0.0194. The molecule has 0 aliphatic heterocycles. The quantitative estimate of drug-likeness (QED) is 0.743. The number of hydrogen-bond donors (Lipinski definition) is 1. The zero-order valence-corrected chi connectivity index (χ0v) is 12.5. The van der Waals surface area contributed by atoms with Crippen molar-refractivity contribution in [3.05, 3.63) is 12.0 Å². The largest absolute Gasteiger partial charge is 0.383 e. The van der Waals surface area contributed by atoms with Gasteiger partial charge in [0.1, 0.15) is 0 Å². The summed E-state index contributed by atoms with van der Waals surface area (Å²) in [5, 5.41) is 2.98. The van der Waals surface area contributed by atoms with E-state index in [2.05, 4.69) is 15.3 Å². The summed E-state index contributed by atoms with van der Waals surface area (Å²) in [5.74, 6) is 0.221. The fourth-order valence-electron chi connectivity index (χ4n) is 1.86. The second-order valence-corrected chi connectivity index (χ2v) is 4.39. The average molecular weight is 286 g/mol. The second-order valence-electron chi connectivity index (χ2n) is 4.39. The Labute approximate surface area is 119 Å². The molecular weight excluding hydrogens is 263 g/mol. The molecule has 0 spiro atoms. The first-order valence-electron chi connectivity index (χ1n) is 6.64. The van der Waals surface area contributed by atoms with Crippen molar-refractivity contribution in [1.29, 1.82) is 0 Å². The number of nitrogens with zero attached hydrogens (tertiary/aromatic N) is 3. The van der Waals surface area contributed by atoms with Crippen LogP contribution < -0.4 is 10.2 Å². The van der Waals surface area contributed by atoms with Crippen LogP contribution in [0.4, 0.5) is 16.2 Å². The lowest BCUT2D eigenvalue weighted by atomic mass is 10.3. The molecule has 20 heavy (non-hydrogen) atoms. The molecule has 7 heteroatoms. The topological polar surface area (TPSA) is 59.5 Å². The van der Waals surface area contributed by atoms with E-state index in [1.54, 1.807) is 14.2 Å². The molecule has 1 heterocycles. The summed E-state index contributed by atoms with van der Waals surface area (Å²) in [5.41, 5.74) is 0. The van der Waals surface area contributed by atoms with Gasteiger partial charge in [-0.3, -0.25) is 0 Å². The van der Waals surface area contributed by atoms with Crippen LogP contribution >= 0.6 is 0 Å². The fourth-order valence-corrected chi connectivity index (χ4v) is 1.86. The molecule has 0 bridgehead atoms. The highest BCUT2D eigenvalue weighted by Crippen LogP contribution is 2.19. The summed E-state index contributed by atoms with van der Waals surface area (Å²) in [4.78, 5) is 9.97. The summed E-state index contributed by atoms with van der Waals surface area (Å²) in [7, 11) is 3.23. The molecule has 1 aromatic rings. The smallest absolute Gasteiger partial charge is 0.224 e. The maximum atomic E-state index is 14.0.